The predicted molar refractivity (Wildman–Crippen MR) is 85.7 cm³/mol. The minimum absolute atomic E-state index is 0.0563. The highest BCUT2D eigenvalue weighted by atomic mass is 16.6. The smallest absolute Gasteiger partial charge is 0.312 e. The number of fused-ring (bicyclic) bond motifs is 1. The van der Waals surface area contributed by atoms with Gasteiger partial charge < -0.3 is 14.4 Å². The zero-order chi connectivity index (χ0) is 16.4. The standard InChI is InChI=1S/C18H27NO4/c1-3-5-7-11-22-17(21)14-13-8-9-18(23-13)12-19(10-6-4-2)16(20)15(14)18/h8-9,13-15H,3-7,10-12H2,1-2H3/t13-,14+,15-,18+/m0/s1. The average Bonchev–Trinajstić information content (AvgIpc) is 3.18. The molecule has 0 aromatic carbocycles. The summed E-state index contributed by atoms with van der Waals surface area (Å²) in [5.41, 5.74) is -0.595. The second-order valence-corrected chi connectivity index (χ2v) is 6.89. The van der Waals surface area contributed by atoms with Crippen LogP contribution in [0.25, 0.3) is 0 Å². The number of amides is 1. The number of carbonyl (C=O) groups is 2. The molecule has 0 aromatic heterocycles. The number of carbonyl (C=O) groups excluding carboxylic acids is 2. The molecule has 3 aliphatic heterocycles. The Labute approximate surface area is 138 Å². The molecule has 0 aliphatic carbocycles. The normalized spacial score (nSPS) is 34.3. The van der Waals surface area contributed by atoms with E-state index in [1.807, 2.05) is 17.1 Å². The van der Waals surface area contributed by atoms with Crippen LogP contribution in [0.2, 0.25) is 0 Å². The van der Waals surface area contributed by atoms with E-state index in [2.05, 4.69) is 13.8 Å². The van der Waals surface area contributed by atoms with Gasteiger partial charge in [0.15, 0.2) is 0 Å². The number of unbranched alkanes of at least 4 members (excludes halogenated alkanes) is 3. The average molecular weight is 321 g/mol. The largest absolute Gasteiger partial charge is 0.465 e. The Morgan fingerprint density at radius 3 is 2.87 bits per heavy atom. The number of esters is 1. The number of hydrogen-bond donors (Lipinski definition) is 0. The highest BCUT2D eigenvalue weighted by Gasteiger charge is 2.67. The van der Waals surface area contributed by atoms with Crippen molar-refractivity contribution in [2.45, 2.75) is 57.7 Å². The first-order valence-corrected chi connectivity index (χ1v) is 8.95. The Kier molecular flexibility index (Phi) is 4.76. The third-order valence-corrected chi connectivity index (χ3v) is 5.22. The van der Waals surface area contributed by atoms with E-state index >= 15 is 0 Å². The van der Waals surface area contributed by atoms with Gasteiger partial charge in [0.1, 0.15) is 11.5 Å². The Hall–Kier alpha value is -1.36. The van der Waals surface area contributed by atoms with Crippen molar-refractivity contribution in [3.8, 4) is 0 Å². The topological polar surface area (TPSA) is 55.8 Å². The van der Waals surface area contributed by atoms with E-state index in [4.69, 9.17) is 9.47 Å². The third kappa shape index (κ3) is 2.80. The zero-order valence-electron chi connectivity index (χ0n) is 14.1. The maximum absolute atomic E-state index is 12.8. The van der Waals surface area contributed by atoms with E-state index in [9.17, 15) is 9.59 Å². The van der Waals surface area contributed by atoms with Gasteiger partial charge in [-0.25, -0.2) is 0 Å². The summed E-state index contributed by atoms with van der Waals surface area (Å²) in [6, 6.07) is 0. The van der Waals surface area contributed by atoms with Gasteiger partial charge in [0, 0.05) is 6.54 Å². The van der Waals surface area contributed by atoms with Crippen molar-refractivity contribution in [3.05, 3.63) is 12.2 Å². The second-order valence-electron chi connectivity index (χ2n) is 6.89. The lowest BCUT2D eigenvalue weighted by Gasteiger charge is -2.22. The summed E-state index contributed by atoms with van der Waals surface area (Å²) in [7, 11) is 0. The number of hydrogen-bond acceptors (Lipinski definition) is 4. The lowest BCUT2D eigenvalue weighted by Crippen LogP contribution is -2.40. The molecule has 128 valence electrons. The Morgan fingerprint density at radius 2 is 2.13 bits per heavy atom. The summed E-state index contributed by atoms with van der Waals surface area (Å²) in [5, 5.41) is 0. The van der Waals surface area contributed by atoms with Crippen molar-refractivity contribution in [2.24, 2.45) is 11.8 Å². The lowest BCUT2D eigenvalue weighted by atomic mass is 9.77. The molecule has 0 aromatic rings. The van der Waals surface area contributed by atoms with E-state index in [-0.39, 0.29) is 18.0 Å². The number of likely N-dealkylation sites (tertiary alicyclic amines) is 1. The molecule has 0 radical (unpaired) electrons. The van der Waals surface area contributed by atoms with Crippen molar-refractivity contribution >= 4 is 11.9 Å². The first kappa shape index (κ1) is 16.5. The lowest BCUT2D eigenvalue weighted by molar-refractivity contribution is -0.153. The van der Waals surface area contributed by atoms with E-state index in [1.54, 1.807) is 0 Å². The molecule has 0 saturated carbocycles. The summed E-state index contributed by atoms with van der Waals surface area (Å²) in [5.74, 6) is -1.08. The molecule has 0 unspecified atom stereocenters. The van der Waals surface area contributed by atoms with Crippen molar-refractivity contribution < 1.29 is 19.1 Å². The molecule has 2 bridgehead atoms. The summed E-state index contributed by atoms with van der Waals surface area (Å²) in [6.07, 6.45) is 8.68. The monoisotopic (exact) mass is 321 g/mol. The van der Waals surface area contributed by atoms with Crippen molar-refractivity contribution in [2.75, 3.05) is 19.7 Å². The van der Waals surface area contributed by atoms with Gasteiger partial charge in [-0.15, -0.1) is 0 Å². The molecular weight excluding hydrogens is 294 g/mol. The number of ether oxygens (including phenoxy) is 2. The van der Waals surface area contributed by atoms with Crippen LogP contribution < -0.4 is 0 Å². The highest BCUT2D eigenvalue weighted by molar-refractivity contribution is 5.91. The molecule has 3 aliphatic rings. The van der Waals surface area contributed by atoms with Gasteiger partial charge in [0.25, 0.3) is 0 Å². The molecule has 3 rings (SSSR count). The molecule has 1 amide bonds. The highest BCUT2D eigenvalue weighted by Crippen LogP contribution is 2.52. The van der Waals surface area contributed by atoms with Crippen molar-refractivity contribution in [3.63, 3.8) is 0 Å². The van der Waals surface area contributed by atoms with Crippen LogP contribution in [0.4, 0.5) is 0 Å². The number of rotatable bonds is 8. The van der Waals surface area contributed by atoms with E-state index in [1.165, 1.54) is 0 Å². The minimum Gasteiger partial charge on any atom is -0.465 e. The summed E-state index contributed by atoms with van der Waals surface area (Å²) < 4.78 is 11.5. The number of nitrogens with zero attached hydrogens (tertiary/aromatic N) is 1. The molecule has 2 saturated heterocycles. The first-order chi connectivity index (χ1) is 11.1. The van der Waals surface area contributed by atoms with Crippen LogP contribution in [0.3, 0.4) is 0 Å². The molecule has 3 heterocycles. The molecule has 0 N–H and O–H groups in total. The van der Waals surface area contributed by atoms with E-state index in [0.29, 0.717) is 13.2 Å². The Balaban J connectivity index is 1.67. The summed E-state index contributed by atoms with van der Waals surface area (Å²) in [6.45, 7) is 5.98. The molecule has 1 spiro atoms. The van der Waals surface area contributed by atoms with Crippen molar-refractivity contribution in [1.82, 2.24) is 4.90 Å². The summed E-state index contributed by atoms with van der Waals surface area (Å²) in [4.78, 5) is 27.1. The molecule has 5 nitrogen and oxygen atoms in total. The first-order valence-electron chi connectivity index (χ1n) is 8.95. The molecule has 2 fully saturated rings. The predicted octanol–water partition coefficient (Wildman–Crippen LogP) is 2.30. The van der Waals surface area contributed by atoms with Crippen LogP contribution in [-0.4, -0.2) is 48.2 Å². The van der Waals surface area contributed by atoms with Crippen LogP contribution in [0, 0.1) is 11.8 Å². The van der Waals surface area contributed by atoms with Gasteiger partial charge in [0.05, 0.1) is 25.2 Å². The second kappa shape index (κ2) is 6.63. The fourth-order valence-corrected chi connectivity index (χ4v) is 4.01. The maximum atomic E-state index is 12.8. The van der Waals surface area contributed by atoms with Gasteiger partial charge in [-0.3, -0.25) is 9.59 Å². The fraction of sp³-hybridized carbons (Fsp3) is 0.778. The van der Waals surface area contributed by atoms with Crippen LogP contribution in [0.1, 0.15) is 46.0 Å². The van der Waals surface area contributed by atoms with Crippen LogP contribution in [0.15, 0.2) is 12.2 Å². The SMILES string of the molecule is CCCCCOC(=O)[C@@H]1[C@@H]2C=C[C@]3(CN(CCCC)C(=O)[C@H]13)O2. The van der Waals surface area contributed by atoms with E-state index < -0.39 is 17.4 Å². The minimum atomic E-state index is -0.595. The van der Waals surface area contributed by atoms with Crippen molar-refractivity contribution in [1.29, 1.82) is 0 Å². The summed E-state index contributed by atoms with van der Waals surface area (Å²) >= 11 is 0. The van der Waals surface area contributed by atoms with Crippen LogP contribution in [0.5, 0.6) is 0 Å². The molecule has 23 heavy (non-hydrogen) atoms. The van der Waals surface area contributed by atoms with Crippen LogP contribution >= 0.6 is 0 Å². The zero-order valence-corrected chi connectivity index (χ0v) is 14.1. The van der Waals surface area contributed by atoms with E-state index in [0.717, 1.165) is 38.6 Å². The third-order valence-electron chi connectivity index (χ3n) is 5.22. The van der Waals surface area contributed by atoms with Crippen LogP contribution in [-0.2, 0) is 19.1 Å². The molecule has 4 atom stereocenters. The van der Waals surface area contributed by atoms with Gasteiger partial charge >= 0.3 is 5.97 Å². The van der Waals surface area contributed by atoms with Gasteiger partial charge in [-0.2, -0.15) is 0 Å². The Morgan fingerprint density at radius 1 is 1.35 bits per heavy atom. The van der Waals surface area contributed by atoms with Gasteiger partial charge in [0.2, 0.25) is 5.91 Å². The fourth-order valence-electron chi connectivity index (χ4n) is 4.01. The maximum Gasteiger partial charge on any atom is 0.312 e. The molecular formula is C18H27NO4. The quantitative estimate of drug-likeness (QED) is 0.391. The van der Waals surface area contributed by atoms with Gasteiger partial charge in [-0.1, -0.05) is 45.3 Å². The molecule has 5 heteroatoms. The Bertz CT molecular complexity index is 503. The van der Waals surface area contributed by atoms with Gasteiger partial charge in [-0.05, 0) is 12.8 Å².